The topological polar surface area (TPSA) is 27.7 Å². The van der Waals surface area contributed by atoms with Crippen molar-refractivity contribution in [3.63, 3.8) is 0 Å². The van der Waals surface area contributed by atoms with Gasteiger partial charge in [0.15, 0.2) is 0 Å². The summed E-state index contributed by atoms with van der Waals surface area (Å²) in [5.74, 6) is 2.48. The SMILES string of the molecule is CCCCCCOc1cc(OCCCCCC)c([PH-])c(OCCCCCC)c1. The molecule has 0 aliphatic carbocycles. The normalized spacial score (nSPS) is 10.9. The van der Waals surface area contributed by atoms with Crippen molar-refractivity contribution >= 4 is 14.5 Å². The Hall–Kier alpha value is -0.950. The zero-order chi connectivity index (χ0) is 20.5. The van der Waals surface area contributed by atoms with Crippen molar-refractivity contribution in [2.24, 2.45) is 0 Å². The van der Waals surface area contributed by atoms with Crippen LogP contribution in [0.1, 0.15) is 97.8 Å². The lowest BCUT2D eigenvalue weighted by Crippen LogP contribution is -2.11. The highest BCUT2D eigenvalue weighted by Crippen LogP contribution is 2.29. The van der Waals surface area contributed by atoms with Gasteiger partial charge in [-0.25, -0.2) is 0 Å². The van der Waals surface area contributed by atoms with Gasteiger partial charge < -0.3 is 23.5 Å². The smallest absolute Gasteiger partial charge is 0.126 e. The summed E-state index contributed by atoms with van der Waals surface area (Å²) in [4.78, 5) is 0. The van der Waals surface area contributed by atoms with Gasteiger partial charge in [-0.2, -0.15) is 0 Å². The summed E-state index contributed by atoms with van der Waals surface area (Å²) in [6.45, 7) is 8.88. The molecule has 0 saturated carbocycles. The largest absolute Gasteiger partial charge is 0.517 e. The van der Waals surface area contributed by atoms with Crippen LogP contribution in [0.4, 0.5) is 0 Å². The van der Waals surface area contributed by atoms with E-state index in [4.69, 9.17) is 14.2 Å². The summed E-state index contributed by atoms with van der Waals surface area (Å²) in [5.41, 5.74) is 0. The Bertz CT molecular complexity index is 470. The first-order valence-electron chi connectivity index (χ1n) is 11.5. The number of unbranched alkanes of at least 4 members (excludes halogenated alkanes) is 9. The molecule has 0 radical (unpaired) electrons. The van der Waals surface area contributed by atoms with Gasteiger partial charge in [-0.3, -0.25) is 0 Å². The molecule has 1 aromatic rings. The van der Waals surface area contributed by atoms with Gasteiger partial charge in [-0.1, -0.05) is 78.6 Å². The van der Waals surface area contributed by atoms with Crippen molar-refractivity contribution in [2.45, 2.75) is 97.8 Å². The molecule has 0 heterocycles. The molecule has 0 N–H and O–H groups in total. The van der Waals surface area contributed by atoms with E-state index in [1.54, 1.807) is 0 Å². The highest BCUT2D eigenvalue weighted by Gasteiger charge is 2.07. The monoisotopic (exact) mass is 409 g/mol. The Kier molecular flexibility index (Phi) is 15.2. The van der Waals surface area contributed by atoms with Crippen LogP contribution in [0.2, 0.25) is 0 Å². The van der Waals surface area contributed by atoms with Gasteiger partial charge in [-0.05, 0) is 19.3 Å². The minimum absolute atomic E-state index is 0.730. The standard InChI is InChI=1S/C24H42O3P/c1-4-7-10-13-16-25-21-19-22(26-17-14-11-8-5-2)24(28)23(20-21)27-18-15-12-9-6-3/h19-20,28H,4-18H2,1-3H3/q-1. The molecule has 0 aliphatic rings. The van der Waals surface area contributed by atoms with E-state index in [0.717, 1.165) is 61.6 Å². The molecule has 0 fully saturated rings. The number of ether oxygens (including phenoxy) is 3. The summed E-state index contributed by atoms with van der Waals surface area (Å²) in [7, 11) is 3.74. The predicted octanol–water partition coefficient (Wildman–Crippen LogP) is 7.33. The number of benzene rings is 1. The minimum Gasteiger partial charge on any atom is -0.517 e. The van der Waals surface area contributed by atoms with Crippen molar-refractivity contribution in [3.05, 3.63) is 12.1 Å². The molecule has 3 nitrogen and oxygen atoms in total. The van der Waals surface area contributed by atoms with Crippen LogP contribution < -0.4 is 19.5 Å². The van der Waals surface area contributed by atoms with Crippen LogP contribution in [-0.4, -0.2) is 19.8 Å². The van der Waals surface area contributed by atoms with E-state index in [2.05, 4.69) is 30.0 Å². The molecule has 162 valence electrons. The van der Waals surface area contributed by atoms with Gasteiger partial charge in [-0.15, -0.1) is 5.30 Å². The molecular weight excluding hydrogens is 367 g/mol. The van der Waals surface area contributed by atoms with E-state index in [1.807, 2.05) is 12.1 Å². The van der Waals surface area contributed by atoms with Crippen LogP contribution in [0.15, 0.2) is 12.1 Å². The summed E-state index contributed by atoms with van der Waals surface area (Å²) < 4.78 is 18.1. The fourth-order valence-corrected chi connectivity index (χ4v) is 3.31. The lowest BCUT2D eigenvalue weighted by atomic mass is 10.2. The van der Waals surface area contributed by atoms with E-state index in [9.17, 15) is 0 Å². The second-order valence-corrected chi connectivity index (χ2v) is 8.02. The third-order valence-electron chi connectivity index (χ3n) is 4.82. The van der Waals surface area contributed by atoms with E-state index >= 15 is 0 Å². The number of hydrogen-bond acceptors (Lipinski definition) is 3. The van der Waals surface area contributed by atoms with Gasteiger partial charge in [0.2, 0.25) is 0 Å². The second kappa shape index (κ2) is 17.0. The zero-order valence-corrected chi connectivity index (χ0v) is 19.5. The highest BCUT2D eigenvalue weighted by molar-refractivity contribution is 7.28. The minimum atomic E-state index is 0.730. The van der Waals surface area contributed by atoms with Gasteiger partial charge in [0, 0.05) is 12.1 Å². The lowest BCUT2D eigenvalue weighted by Gasteiger charge is -2.21. The average molecular weight is 410 g/mol. The lowest BCUT2D eigenvalue weighted by molar-refractivity contribution is 0.279. The van der Waals surface area contributed by atoms with E-state index < -0.39 is 0 Å². The molecule has 1 rings (SSSR count). The maximum Gasteiger partial charge on any atom is 0.126 e. The highest BCUT2D eigenvalue weighted by atomic mass is 31.0. The molecule has 28 heavy (non-hydrogen) atoms. The molecule has 0 atom stereocenters. The van der Waals surface area contributed by atoms with Crippen molar-refractivity contribution in [1.82, 2.24) is 0 Å². The fourth-order valence-electron chi connectivity index (χ4n) is 3.02. The van der Waals surface area contributed by atoms with Crippen LogP contribution in [0.25, 0.3) is 0 Å². The summed E-state index contributed by atoms with van der Waals surface area (Å²) in [6.07, 6.45) is 14.4. The van der Waals surface area contributed by atoms with Crippen LogP contribution in [0.3, 0.4) is 0 Å². The van der Waals surface area contributed by atoms with E-state index in [1.165, 1.54) is 57.8 Å². The molecule has 0 aromatic heterocycles. The third-order valence-corrected chi connectivity index (χ3v) is 5.31. The maximum absolute atomic E-state index is 6.05. The Morgan fingerprint density at radius 1 is 0.571 bits per heavy atom. The molecule has 0 bridgehead atoms. The van der Waals surface area contributed by atoms with Crippen LogP contribution in [-0.2, 0) is 0 Å². The van der Waals surface area contributed by atoms with Crippen molar-refractivity contribution in [1.29, 1.82) is 0 Å². The molecule has 0 spiro atoms. The Labute approximate surface area is 176 Å². The van der Waals surface area contributed by atoms with E-state index in [-0.39, 0.29) is 0 Å². The molecule has 0 aliphatic heterocycles. The first kappa shape index (κ1) is 25.1. The van der Waals surface area contributed by atoms with Crippen molar-refractivity contribution < 1.29 is 14.2 Å². The summed E-state index contributed by atoms with van der Waals surface area (Å²) >= 11 is 0. The third kappa shape index (κ3) is 11.1. The Morgan fingerprint density at radius 2 is 0.964 bits per heavy atom. The number of rotatable bonds is 18. The van der Waals surface area contributed by atoms with Crippen molar-refractivity contribution in [2.75, 3.05) is 19.8 Å². The van der Waals surface area contributed by atoms with Gasteiger partial charge >= 0.3 is 0 Å². The fraction of sp³-hybridized carbons (Fsp3) is 0.750. The van der Waals surface area contributed by atoms with Crippen LogP contribution in [0.5, 0.6) is 17.2 Å². The average Bonchev–Trinajstić information content (AvgIpc) is 2.70. The molecule has 0 saturated heterocycles. The number of hydrogen-bond donors (Lipinski definition) is 0. The van der Waals surface area contributed by atoms with Gasteiger partial charge in [0.25, 0.3) is 0 Å². The molecule has 1 aromatic carbocycles. The Morgan fingerprint density at radius 3 is 1.36 bits per heavy atom. The quantitative estimate of drug-likeness (QED) is 0.188. The molecule has 0 amide bonds. The van der Waals surface area contributed by atoms with Crippen molar-refractivity contribution in [3.8, 4) is 17.2 Å². The van der Waals surface area contributed by atoms with Crippen LogP contribution >= 0.6 is 9.24 Å². The zero-order valence-electron chi connectivity index (χ0n) is 18.5. The summed E-state index contributed by atoms with van der Waals surface area (Å²) in [6, 6.07) is 3.98. The van der Waals surface area contributed by atoms with E-state index in [0.29, 0.717) is 0 Å². The van der Waals surface area contributed by atoms with Gasteiger partial charge in [0.1, 0.15) is 5.75 Å². The molecule has 4 heteroatoms. The second-order valence-electron chi connectivity index (χ2n) is 7.52. The first-order valence-corrected chi connectivity index (χ1v) is 12.0. The first-order chi connectivity index (χ1) is 13.7. The maximum atomic E-state index is 6.05. The molecular formula is C24H42O3P-. The Balaban J connectivity index is 2.65. The van der Waals surface area contributed by atoms with Crippen LogP contribution in [0, 0.1) is 0 Å². The molecule has 0 unspecified atom stereocenters. The summed E-state index contributed by atoms with van der Waals surface area (Å²) in [5, 5.41) is 0.893. The predicted molar refractivity (Wildman–Crippen MR) is 123 cm³/mol. The van der Waals surface area contributed by atoms with Gasteiger partial charge in [0.05, 0.1) is 31.3 Å².